The van der Waals surface area contributed by atoms with Gasteiger partial charge in [0.15, 0.2) is 0 Å². The van der Waals surface area contributed by atoms with Crippen molar-refractivity contribution in [1.29, 1.82) is 0 Å². The van der Waals surface area contributed by atoms with Gasteiger partial charge in [-0.1, -0.05) is 30.9 Å². The summed E-state index contributed by atoms with van der Waals surface area (Å²) in [6.07, 6.45) is 4.59. The number of benzene rings is 1. The van der Waals surface area contributed by atoms with Crippen LogP contribution in [-0.2, 0) is 14.3 Å². The molecule has 2 N–H and O–H groups in total. The van der Waals surface area contributed by atoms with Gasteiger partial charge in [0.25, 0.3) is 5.91 Å². The minimum Gasteiger partial charge on any atom is -0.444 e. The van der Waals surface area contributed by atoms with E-state index in [2.05, 4.69) is 22.2 Å². The highest BCUT2D eigenvalue weighted by molar-refractivity contribution is 6.05. The van der Waals surface area contributed by atoms with Crippen LogP contribution in [0.15, 0.2) is 53.6 Å². The number of aliphatic imine (C=N–C) groups is 1. The summed E-state index contributed by atoms with van der Waals surface area (Å²) in [7, 11) is 0. The minimum absolute atomic E-state index is 0.0694. The predicted molar refractivity (Wildman–Crippen MR) is 151 cm³/mol. The summed E-state index contributed by atoms with van der Waals surface area (Å²) in [6, 6.07) is 5.75. The summed E-state index contributed by atoms with van der Waals surface area (Å²) < 4.78 is 10.7. The van der Waals surface area contributed by atoms with Gasteiger partial charge in [-0.2, -0.15) is 0 Å². The second-order valence-corrected chi connectivity index (χ2v) is 11.0. The number of aryl methyl sites for hydroxylation is 1. The molecule has 0 radical (unpaired) electrons. The van der Waals surface area contributed by atoms with E-state index < -0.39 is 23.4 Å². The summed E-state index contributed by atoms with van der Waals surface area (Å²) in [5.74, 6) is -0.183. The first-order chi connectivity index (χ1) is 17.6. The molecule has 3 amide bonds. The molecule has 0 aliphatic carbocycles. The lowest BCUT2D eigenvalue weighted by Crippen LogP contribution is -2.48. The van der Waals surface area contributed by atoms with Crippen molar-refractivity contribution in [3.63, 3.8) is 0 Å². The Morgan fingerprint density at radius 3 is 2.26 bits per heavy atom. The first-order valence-corrected chi connectivity index (χ1v) is 12.6. The molecule has 1 aromatic rings. The number of rotatable bonds is 4. The summed E-state index contributed by atoms with van der Waals surface area (Å²) in [4.78, 5) is 42.9. The molecule has 0 bridgehead atoms. The van der Waals surface area contributed by atoms with E-state index in [1.807, 2.05) is 38.1 Å². The van der Waals surface area contributed by atoms with Crippen LogP contribution < -0.4 is 10.6 Å². The van der Waals surface area contributed by atoms with E-state index in [1.165, 1.54) is 0 Å². The number of amides is 3. The van der Waals surface area contributed by atoms with Crippen molar-refractivity contribution in [2.45, 2.75) is 73.0 Å². The molecule has 0 aromatic heterocycles. The molecule has 0 saturated carbocycles. The van der Waals surface area contributed by atoms with Crippen molar-refractivity contribution < 1.29 is 23.9 Å². The lowest BCUT2D eigenvalue weighted by molar-refractivity contribution is -0.112. The number of nitrogens with one attached hydrogen (secondary N) is 2. The fourth-order valence-electron chi connectivity index (χ4n) is 3.64. The Bertz CT molecular complexity index is 1170. The molecule has 0 unspecified atom stereocenters. The van der Waals surface area contributed by atoms with Gasteiger partial charge in [-0.3, -0.25) is 10.1 Å². The first-order valence-electron chi connectivity index (χ1n) is 12.6. The largest absolute Gasteiger partial charge is 0.444 e. The maximum Gasteiger partial charge on any atom is 0.437 e. The smallest absolute Gasteiger partial charge is 0.437 e. The average Bonchev–Trinajstić information content (AvgIpc) is 2.76. The third-order valence-corrected chi connectivity index (χ3v) is 5.20. The van der Waals surface area contributed by atoms with Crippen LogP contribution in [-0.4, -0.2) is 53.2 Å². The van der Waals surface area contributed by atoms with Crippen molar-refractivity contribution in [3.05, 3.63) is 59.7 Å². The SMILES string of the molecule is C=C(/C=C\C)C(=O)Nc1ccc(C2=CCN(C(=NC(=O)OC(C)(C)C)NC(=O)OC(C)(C)C)CC2)c(C)c1. The number of anilines is 1. The number of alkyl carbamates (subject to hydrolysis) is 1. The van der Waals surface area contributed by atoms with Crippen LogP contribution in [0.5, 0.6) is 0 Å². The normalized spacial score (nSPS) is 14.6. The van der Waals surface area contributed by atoms with Crippen LogP contribution in [0.3, 0.4) is 0 Å². The van der Waals surface area contributed by atoms with Crippen LogP contribution in [0, 0.1) is 6.92 Å². The molecule has 1 aliphatic rings. The molecule has 0 fully saturated rings. The molecule has 0 atom stereocenters. The molecule has 0 saturated heterocycles. The lowest BCUT2D eigenvalue weighted by Gasteiger charge is -2.30. The first kappa shape index (κ1) is 30.3. The maximum atomic E-state index is 12.4. The zero-order valence-electron chi connectivity index (χ0n) is 23.7. The second kappa shape index (κ2) is 12.6. The van der Waals surface area contributed by atoms with Crippen LogP contribution >= 0.6 is 0 Å². The number of nitrogens with zero attached hydrogens (tertiary/aromatic N) is 2. The lowest BCUT2D eigenvalue weighted by atomic mass is 9.95. The highest BCUT2D eigenvalue weighted by Gasteiger charge is 2.25. The summed E-state index contributed by atoms with van der Waals surface area (Å²) >= 11 is 0. The fourth-order valence-corrected chi connectivity index (χ4v) is 3.64. The molecule has 9 heteroatoms. The molecule has 9 nitrogen and oxygen atoms in total. The topological polar surface area (TPSA) is 109 Å². The minimum atomic E-state index is -0.802. The standard InChI is InChI=1S/C29H40N4O5/c1-10-11-19(2)24(34)30-22-12-13-23(20(3)18-22)21-14-16-33(17-15-21)25(31-26(35)37-28(4,5)6)32-27(36)38-29(7,8)9/h10-14,18H,2,15-17H2,1,3-9H3,(H,30,34)(H,31,32,35,36)/b11-10-. The van der Waals surface area contributed by atoms with Gasteiger partial charge < -0.3 is 19.7 Å². The molecule has 1 heterocycles. The van der Waals surface area contributed by atoms with Gasteiger partial charge in [-0.25, -0.2) is 9.59 Å². The number of guanidine groups is 1. The van der Waals surface area contributed by atoms with Crippen LogP contribution in [0.2, 0.25) is 0 Å². The Morgan fingerprint density at radius 1 is 1.08 bits per heavy atom. The van der Waals surface area contributed by atoms with Crippen molar-refractivity contribution >= 4 is 35.3 Å². The third kappa shape index (κ3) is 9.88. The number of carbonyl (C=O) groups is 3. The van der Waals surface area contributed by atoms with Gasteiger partial charge in [0.05, 0.1) is 0 Å². The Balaban J connectivity index is 2.21. The molecular formula is C29H40N4O5. The van der Waals surface area contributed by atoms with Gasteiger partial charge in [-0.05, 0) is 90.6 Å². The van der Waals surface area contributed by atoms with Crippen molar-refractivity contribution in [2.75, 3.05) is 18.4 Å². The van der Waals surface area contributed by atoms with Gasteiger partial charge in [0.1, 0.15) is 11.2 Å². The zero-order valence-corrected chi connectivity index (χ0v) is 23.7. The summed E-state index contributed by atoms with van der Waals surface area (Å²) in [6.45, 7) is 19.0. The van der Waals surface area contributed by atoms with E-state index >= 15 is 0 Å². The van der Waals surface area contributed by atoms with E-state index in [1.54, 1.807) is 58.6 Å². The van der Waals surface area contributed by atoms with E-state index in [9.17, 15) is 14.4 Å². The fraction of sp³-hybridized carbons (Fsp3) is 0.448. The molecule has 1 aliphatic heterocycles. The molecular weight excluding hydrogens is 484 g/mol. The molecule has 0 spiro atoms. The Hall–Kier alpha value is -3.88. The van der Waals surface area contributed by atoms with Crippen LogP contribution in [0.1, 0.15) is 66.0 Å². The third-order valence-electron chi connectivity index (χ3n) is 5.20. The predicted octanol–water partition coefficient (Wildman–Crippen LogP) is 5.97. The van der Waals surface area contributed by atoms with E-state index in [4.69, 9.17) is 9.47 Å². The number of ether oxygens (including phenoxy) is 2. The van der Waals surface area contributed by atoms with Crippen molar-refractivity contribution in [3.8, 4) is 0 Å². The Labute approximate surface area is 225 Å². The van der Waals surface area contributed by atoms with Crippen molar-refractivity contribution in [2.24, 2.45) is 4.99 Å². The summed E-state index contributed by atoms with van der Waals surface area (Å²) in [5, 5.41) is 5.46. The van der Waals surface area contributed by atoms with Crippen molar-refractivity contribution in [1.82, 2.24) is 10.2 Å². The molecule has 2 rings (SSSR count). The van der Waals surface area contributed by atoms with Crippen LogP contribution in [0.4, 0.5) is 15.3 Å². The van der Waals surface area contributed by atoms with Crippen LogP contribution in [0.25, 0.3) is 5.57 Å². The van der Waals surface area contributed by atoms with E-state index in [0.29, 0.717) is 30.8 Å². The molecule has 38 heavy (non-hydrogen) atoms. The summed E-state index contributed by atoms with van der Waals surface area (Å²) in [5.41, 5.74) is 2.81. The Kier molecular flexibility index (Phi) is 10.0. The average molecular weight is 525 g/mol. The van der Waals surface area contributed by atoms with Gasteiger partial charge in [-0.15, -0.1) is 4.99 Å². The van der Waals surface area contributed by atoms with Gasteiger partial charge in [0, 0.05) is 24.4 Å². The Morgan fingerprint density at radius 2 is 1.74 bits per heavy atom. The molecule has 206 valence electrons. The monoisotopic (exact) mass is 524 g/mol. The molecule has 1 aromatic carbocycles. The second-order valence-electron chi connectivity index (χ2n) is 11.0. The number of hydrogen-bond donors (Lipinski definition) is 2. The van der Waals surface area contributed by atoms with E-state index in [-0.39, 0.29) is 11.9 Å². The van der Waals surface area contributed by atoms with Gasteiger partial charge >= 0.3 is 12.2 Å². The number of allylic oxidation sites excluding steroid dienone is 1. The highest BCUT2D eigenvalue weighted by Crippen LogP contribution is 2.27. The number of hydrogen-bond acceptors (Lipinski definition) is 5. The zero-order chi connectivity index (χ0) is 28.7. The highest BCUT2D eigenvalue weighted by atomic mass is 16.6. The van der Waals surface area contributed by atoms with E-state index in [0.717, 1.165) is 16.7 Å². The number of carbonyl (C=O) groups excluding carboxylic acids is 3. The maximum absolute atomic E-state index is 12.4. The van der Waals surface area contributed by atoms with Gasteiger partial charge in [0.2, 0.25) is 5.96 Å². The quantitative estimate of drug-likeness (QED) is 0.217.